The quantitative estimate of drug-likeness (QED) is 0.856. The lowest BCUT2D eigenvalue weighted by molar-refractivity contribution is 0.287. The minimum absolute atomic E-state index is 0.680. The van der Waals surface area contributed by atoms with Gasteiger partial charge in [-0.1, -0.05) is 0 Å². The lowest BCUT2D eigenvalue weighted by Gasteiger charge is -2.17. The van der Waals surface area contributed by atoms with Gasteiger partial charge in [0.15, 0.2) is 5.13 Å². The highest BCUT2D eigenvalue weighted by molar-refractivity contribution is 7.15. The highest BCUT2D eigenvalue weighted by Gasteiger charge is 2.23. The Bertz CT molecular complexity index is 336. The molecule has 1 aromatic rings. The van der Waals surface area contributed by atoms with Crippen LogP contribution in [0, 0.1) is 5.92 Å². The van der Waals surface area contributed by atoms with Crippen LogP contribution in [0.15, 0.2) is 6.20 Å². The summed E-state index contributed by atoms with van der Waals surface area (Å²) in [6.07, 6.45) is 3.21. The number of nitrogens with zero attached hydrogens (tertiary/aromatic N) is 3. The molecule has 2 rings (SSSR count). The normalized spacial score (nSPS) is 22.1. The third kappa shape index (κ3) is 3.17. The predicted octanol–water partition coefficient (Wildman–Crippen LogP) is 1.11. The zero-order valence-electron chi connectivity index (χ0n) is 10.0. The van der Waals surface area contributed by atoms with E-state index in [0.29, 0.717) is 5.13 Å². The number of hydrogen-bond donors (Lipinski definition) is 1. The van der Waals surface area contributed by atoms with E-state index in [9.17, 15) is 0 Å². The smallest absolute Gasteiger partial charge is 0.180 e. The molecular formula is C11H20N4S. The van der Waals surface area contributed by atoms with Crippen molar-refractivity contribution in [3.63, 3.8) is 0 Å². The van der Waals surface area contributed by atoms with Crippen molar-refractivity contribution >= 4 is 16.5 Å². The maximum absolute atomic E-state index is 5.63. The van der Waals surface area contributed by atoms with Gasteiger partial charge in [0, 0.05) is 30.7 Å². The number of nitrogens with two attached hydrogens (primary N) is 1. The first-order valence-corrected chi connectivity index (χ1v) is 6.52. The van der Waals surface area contributed by atoms with Gasteiger partial charge in [-0.3, -0.25) is 4.90 Å². The van der Waals surface area contributed by atoms with Crippen molar-refractivity contribution < 1.29 is 0 Å². The monoisotopic (exact) mass is 240 g/mol. The SMILES string of the molecule is CN(C)CC1CCN(Cc2cnc(N)s2)C1. The number of hydrogen-bond acceptors (Lipinski definition) is 5. The molecule has 5 heteroatoms. The zero-order chi connectivity index (χ0) is 11.5. The summed E-state index contributed by atoms with van der Waals surface area (Å²) in [6, 6.07) is 0. The van der Waals surface area contributed by atoms with Crippen molar-refractivity contribution in [2.45, 2.75) is 13.0 Å². The van der Waals surface area contributed by atoms with Gasteiger partial charge < -0.3 is 10.6 Å². The zero-order valence-corrected chi connectivity index (χ0v) is 10.8. The van der Waals surface area contributed by atoms with Crippen LogP contribution in [0.1, 0.15) is 11.3 Å². The van der Waals surface area contributed by atoms with E-state index >= 15 is 0 Å². The Kier molecular flexibility index (Phi) is 3.78. The third-order valence-electron chi connectivity index (χ3n) is 2.94. The van der Waals surface area contributed by atoms with Crippen LogP contribution in [0.3, 0.4) is 0 Å². The number of anilines is 1. The summed E-state index contributed by atoms with van der Waals surface area (Å²) in [4.78, 5) is 10.1. The summed E-state index contributed by atoms with van der Waals surface area (Å²) in [7, 11) is 4.29. The van der Waals surface area contributed by atoms with E-state index < -0.39 is 0 Å². The molecule has 0 spiro atoms. The van der Waals surface area contributed by atoms with Gasteiger partial charge in [0.05, 0.1) is 0 Å². The van der Waals surface area contributed by atoms with Crippen LogP contribution in [0.25, 0.3) is 0 Å². The van der Waals surface area contributed by atoms with Crippen LogP contribution in [0.4, 0.5) is 5.13 Å². The van der Waals surface area contributed by atoms with E-state index in [-0.39, 0.29) is 0 Å². The molecule has 1 atom stereocenters. The topological polar surface area (TPSA) is 45.4 Å². The van der Waals surface area contributed by atoms with Gasteiger partial charge in [0.2, 0.25) is 0 Å². The fourth-order valence-corrected chi connectivity index (χ4v) is 3.06. The summed E-state index contributed by atoms with van der Waals surface area (Å²) < 4.78 is 0. The van der Waals surface area contributed by atoms with E-state index in [1.54, 1.807) is 11.3 Å². The number of likely N-dealkylation sites (tertiary alicyclic amines) is 1. The summed E-state index contributed by atoms with van der Waals surface area (Å²) in [5.74, 6) is 0.820. The molecule has 0 saturated carbocycles. The Morgan fingerprint density at radius 2 is 2.44 bits per heavy atom. The van der Waals surface area contributed by atoms with Gasteiger partial charge in [-0.25, -0.2) is 4.98 Å². The highest BCUT2D eigenvalue weighted by Crippen LogP contribution is 2.22. The second kappa shape index (κ2) is 5.12. The Morgan fingerprint density at radius 3 is 3.06 bits per heavy atom. The minimum Gasteiger partial charge on any atom is -0.375 e. The molecule has 2 N–H and O–H groups in total. The Morgan fingerprint density at radius 1 is 1.62 bits per heavy atom. The standard InChI is InChI=1S/C11H20N4S/c1-14(2)6-9-3-4-15(7-9)8-10-5-13-11(12)16-10/h5,9H,3-4,6-8H2,1-2H3,(H2,12,13). The Balaban J connectivity index is 1.80. The second-order valence-corrected chi connectivity index (χ2v) is 5.96. The molecule has 1 aromatic heterocycles. The summed E-state index contributed by atoms with van der Waals surface area (Å²) in [5, 5.41) is 0.680. The molecule has 0 amide bonds. The average molecular weight is 240 g/mol. The van der Waals surface area contributed by atoms with Gasteiger partial charge >= 0.3 is 0 Å². The number of aromatic nitrogens is 1. The predicted molar refractivity (Wildman–Crippen MR) is 68.5 cm³/mol. The number of rotatable bonds is 4. The lowest BCUT2D eigenvalue weighted by atomic mass is 10.1. The van der Waals surface area contributed by atoms with Crippen LogP contribution in [-0.4, -0.2) is 48.5 Å². The first-order chi connectivity index (χ1) is 7.63. The third-order valence-corrected chi connectivity index (χ3v) is 3.76. The van der Waals surface area contributed by atoms with E-state index in [1.807, 2.05) is 6.20 Å². The van der Waals surface area contributed by atoms with Gasteiger partial charge in [0.1, 0.15) is 0 Å². The molecule has 16 heavy (non-hydrogen) atoms. The molecule has 1 aliphatic heterocycles. The van der Waals surface area contributed by atoms with Crippen molar-refractivity contribution in [3.8, 4) is 0 Å². The van der Waals surface area contributed by atoms with Crippen molar-refractivity contribution in [1.29, 1.82) is 0 Å². The van der Waals surface area contributed by atoms with Gasteiger partial charge in [0.25, 0.3) is 0 Å². The fourth-order valence-electron chi connectivity index (χ4n) is 2.34. The summed E-state index contributed by atoms with van der Waals surface area (Å²) >= 11 is 1.60. The van der Waals surface area contributed by atoms with E-state index in [4.69, 9.17) is 5.73 Å². The van der Waals surface area contributed by atoms with Gasteiger partial charge in [-0.15, -0.1) is 11.3 Å². The van der Waals surface area contributed by atoms with Crippen LogP contribution in [-0.2, 0) is 6.54 Å². The first kappa shape index (κ1) is 11.8. The second-order valence-electron chi connectivity index (χ2n) is 4.82. The molecule has 0 aromatic carbocycles. The maximum Gasteiger partial charge on any atom is 0.180 e. The Hall–Kier alpha value is -0.650. The van der Waals surface area contributed by atoms with Crippen molar-refractivity contribution in [1.82, 2.24) is 14.8 Å². The molecule has 0 bridgehead atoms. The van der Waals surface area contributed by atoms with E-state index in [0.717, 1.165) is 12.5 Å². The lowest BCUT2D eigenvalue weighted by Crippen LogP contribution is -2.25. The average Bonchev–Trinajstić information content (AvgIpc) is 2.76. The molecule has 2 heterocycles. The molecule has 1 unspecified atom stereocenters. The Labute approximate surface area is 101 Å². The van der Waals surface area contributed by atoms with Gasteiger partial charge in [-0.2, -0.15) is 0 Å². The van der Waals surface area contributed by atoms with Crippen LogP contribution in [0.5, 0.6) is 0 Å². The summed E-state index contributed by atoms with van der Waals surface area (Å²) in [6.45, 7) is 4.62. The van der Waals surface area contributed by atoms with Crippen molar-refractivity contribution in [2.24, 2.45) is 5.92 Å². The van der Waals surface area contributed by atoms with E-state index in [2.05, 4.69) is 28.9 Å². The van der Waals surface area contributed by atoms with Crippen LogP contribution < -0.4 is 5.73 Å². The fraction of sp³-hybridized carbons (Fsp3) is 0.727. The number of thiazole rings is 1. The minimum atomic E-state index is 0.680. The largest absolute Gasteiger partial charge is 0.375 e. The molecule has 4 nitrogen and oxygen atoms in total. The molecule has 1 saturated heterocycles. The van der Waals surface area contributed by atoms with Crippen LogP contribution >= 0.6 is 11.3 Å². The molecular weight excluding hydrogens is 220 g/mol. The maximum atomic E-state index is 5.63. The molecule has 1 aliphatic rings. The molecule has 1 fully saturated rings. The summed E-state index contributed by atoms with van der Waals surface area (Å²) in [5.41, 5.74) is 5.63. The van der Waals surface area contributed by atoms with Crippen molar-refractivity contribution in [2.75, 3.05) is 39.5 Å². The highest BCUT2D eigenvalue weighted by atomic mass is 32.1. The van der Waals surface area contributed by atoms with E-state index in [1.165, 1.54) is 30.9 Å². The molecule has 0 aliphatic carbocycles. The molecule has 0 radical (unpaired) electrons. The van der Waals surface area contributed by atoms with Crippen LogP contribution in [0.2, 0.25) is 0 Å². The van der Waals surface area contributed by atoms with Crippen molar-refractivity contribution in [3.05, 3.63) is 11.1 Å². The number of nitrogen functional groups attached to an aromatic ring is 1. The molecule has 90 valence electrons. The first-order valence-electron chi connectivity index (χ1n) is 5.71. The van der Waals surface area contributed by atoms with Gasteiger partial charge in [-0.05, 0) is 33.0 Å².